The minimum Gasteiger partial charge on any atom is -0.477 e. The first-order valence-electron chi connectivity index (χ1n) is 6.49. The van der Waals surface area contributed by atoms with E-state index < -0.39 is 5.97 Å². The summed E-state index contributed by atoms with van der Waals surface area (Å²) >= 11 is 0. The number of aromatic carboxylic acids is 1. The molecule has 3 aromatic rings. The lowest BCUT2D eigenvalue weighted by atomic mass is 10.1. The fraction of sp³-hybridized carbons (Fsp3) is 0.133. The van der Waals surface area contributed by atoms with Crippen molar-refractivity contribution < 1.29 is 9.90 Å². The lowest BCUT2D eigenvalue weighted by Crippen LogP contribution is -2.09. The maximum absolute atomic E-state index is 11.2. The van der Waals surface area contributed by atoms with E-state index in [-0.39, 0.29) is 5.69 Å². The molecule has 0 saturated heterocycles. The summed E-state index contributed by atoms with van der Waals surface area (Å²) in [7, 11) is 1.86. The van der Waals surface area contributed by atoms with Gasteiger partial charge in [0, 0.05) is 18.6 Å². The lowest BCUT2D eigenvalue weighted by Gasteiger charge is -2.10. The number of nitrogens with zero attached hydrogens (tertiary/aromatic N) is 3. The molecule has 0 aliphatic rings. The van der Waals surface area contributed by atoms with Crippen molar-refractivity contribution in [3.05, 3.63) is 54.0 Å². The standard InChI is InChI=1S/C15H14N4O2/c1-19-11(6-7-17-19)9-16-14-12-5-3-2-4-10(12)8-13(18-14)15(20)21/h2-8H,9H2,1H3,(H,16,18)(H,20,21). The zero-order valence-corrected chi connectivity index (χ0v) is 11.4. The average Bonchev–Trinajstić information content (AvgIpc) is 2.89. The number of anilines is 1. The van der Waals surface area contributed by atoms with E-state index in [1.54, 1.807) is 16.9 Å². The first-order valence-corrected chi connectivity index (χ1v) is 6.49. The number of carboxylic acid groups (broad SMARTS) is 1. The molecule has 0 spiro atoms. The molecule has 2 aromatic heterocycles. The molecule has 0 saturated carbocycles. The number of carboxylic acids is 1. The minimum absolute atomic E-state index is 0.0289. The number of hydrogen-bond donors (Lipinski definition) is 2. The number of pyridine rings is 1. The summed E-state index contributed by atoms with van der Waals surface area (Å²) in [6, 6.07) is 11.0. The summed E-state index contributed by atoms with van der Waals surface area (Å²) in [5.41, 5.74) is 1.02. The van der Waals surface area contributed by atoms with Crippen LogP contribution in [0.25, 0.3) is 10.8 Å². The molecule has 1 aromatic carbocycles. The van der Waals surface area contributed by atoms with Crippen molar-refractivity contribution >= 4 is 22.6 Å². The van der Waals surface area contributed by atoms with E-state index in [0.717, 1.165) is 16.5 Å². The van der Waals surface area contributed by atoms with Gasteiger partial charge in [-0.25, -0.2) is 9.78 Å². The topological polar surface area (TPSA) is 80.0 Å². The second-order valence-corrected chi connectivity index (χ2v) is 4.68. The van der Waals surface area contributed by atoms with E-state index in [0.29, 0.717) is 12.4 Å². The number of nitrogens with one attached hydrogen (secondary N) is 1. The van der Waals surface area contributed by atoms with Gasteiger partial charge in [0.2, 0.25) is 0 Å². The van der Waals surface area contributed by atoms with Crippen LogP contribution < -0.4 is 5.32 Å². The van der Waals surface area contributed by atoms with E-state index in [1.165, 1.54) is 0 Å². The minimum atomic E-state index is -1.04. The van der Waals surface area contributed by atoms with Gasteiger partial charge in [-0.05, 0) is 17.5 Å². The lowest BCUT2D eigenvalue weighted by molar-refractivity contribution is 0.0691. The van der Waals surface area contributed by atoms with Crippen LogP contribution in [0.4, 0.5) is 5.82 Å². The molecule has 0 fully saturated rings. The molecule has 3 rings (SSSR count). The third-order valence-electron chi connectivity index (χ3n) is 3.32. The van der Waals surface area contributed by atoms with Gasteiger partial charge in [-0.15, -0.1) is 0 Å². The van der Waals surface area contributed by atoms with Crippen molar-refractivity contribution in [3.8, 4) is 0 Å². The third-order valence-corrected chi connectivity index (χ3v) is 3.32. The molecule has 0 amide bonds. The summed E-state index contributed by atoms with van der Waals surface area (Å²) in [6.45, 7) is 0.524. The van der Waals surface area contributed by atoms with Crippen LogP contribution >= 0.6 is 0 Å². The van der Waals surface area contributed by atoms with Crippen molar-refractivity contribution in [2.24, 2.45) is 7.05 Å². The fourth-order valence-electron chi connectivity index (χ4n) is 2.19. The largest absolute Gasteiger partial charge is 0.477 e. The molecular formula is C15H14N4O2. The highest BCUT2D eigenvalue weighted by atomic mass is 16.4. The number of fused-ring (bicyclic) bond motifs is 1. The first kappa shape index (κ1) is 13.1. The normalized spacial score (nSPS) is 10.7. The van der Waals surface area contributed by atoms with Crippen LogP contribution in [0.5, 0.6) is 0 Å². The van der Waals surface area contributed by atoms with Gasteiger partial charge in [0.05, 0.1) is 12.2 Å². The Bertz CT molecular complexity index is 810. The van der Waals surface area contributed by atoms with Gasteiger partial charge >= 0.3 is 5.97 Å². The highest BCUT2D eigenvalue weighted by Crippen LogP contribution is 2.23. The van der Waals surface area contributed by atoms with Gasteiger partial charge in [-0.2, -0.15) is 5.10 Å². The summed E-state index contributed by atoms with van der Waals surface area (Å²) in [5, 5.41) is 18.2. The first-order chi connectivity index (χ1) is 10.1. The predicted octanol–water partition coefficient (Wildman–Crippen LogP) is 2.28. The maximum atomic E-state index is 11.2. The Morgan fingerprint density at radius 3 is 2.86 bits per heavy atom. The van der Waals surface area contributed by atoms with Gasteiger partial charge in [0.25, 0.3) is 0 Å². The monoisotopic (exact) mass is 282 g/mol. The molecule has 21 heavy (non-hydrogen) atoms. The highest BCUT2D eigenvalue weighted by molar-refractivity contribution is 5.97. The summed E-state index contributed by atoms with van der Waals surface area (Å²) in [4.78, 5) is 15.4. The number of aryl methyl sites for hydroxylation is 1. The van der Waals surface area contributed by atoms with Crippen molar-refractivity contribution in [3.63, 3.8) is 0 Å². The van der Waals surface area contributed by atoms with E-state index in [1.807, 2.05) is 37.4 Å². The molecule has 0 unspecified atom stereocenters. The van der Waals surface area contributed by atoms with E-state index in [2.05, 4.69) is 15.4 Å². The van der Waals surface area contributed by atoms with E-state index >= 15 is 0 Å². The van der Waals surface area contributed by atoms with Crippen LogP contribution in [0, 0.1) is 0 Å². The molecule has 2 heterocycles. The van der Waals surface area contributed by atoms with Crippen LogP contribution in [0.2, 0.25) is 0 Å². The highest BCUT2D eigenvalue weighted by Gasteiger charge is 2.11. The second kappa shape index (κ2) is 5.24. The average molecular weight is 282 g/mol. The van der Waals surface area contributed by atoms with Gasteiger partial charge in [0.1, 0.15) is 5.82 Å². The van der Waals surface area contributed by atoms with Gasteiger partial charge in [0.15, 0.2) is 5.69 Å². The molecule has 6 heteroatoms. The van der Waals surface area contributed by atoms with Crippen molar-refractivity contribution in [1.82, 2.24) is 14.8 Å². The fourth-order valence-corrected chi connectivity index (χ4v) is 2.19. The Morgan fingerprint density at radius 1 is 1.33 bits per heavy atom. The van der Waals surface area contributed by atoms with Crippen LogP contribution in [0.15, 0.2) is 42.6 Å². The van der Waals surface area contributed by atoms with Crippen LogP contribution in [0.1, 0.15) is 16.2 Å². The Labute approximate surface area is 121 Å². The molecule has 106 valence electrons. The summed E-state index contributed by atoms with van der Waals surface area (Å²) in [5.74, 6) is -0.476. The zero-order chi connectivity index (χ0) is 14.8. The molecule has 0 bridgehead atoms. The van der Waals surface area contributed by atoms with Crippen molar-refractivity contribution in [1.29, 1.82) is 0 Å². The van der Waals surface area contributed by atoms with Crippen LogP contribution in [0.3, 0.4) is 0 Å². The number of aromatic nitrogens is 3. The molecule has 6 nitrogen and oxygen atoms in total. The number of carbonyl (C=O) groups is 1. The van der Waals surface area contributed by atoms with Crippen molar-refractivity contribution in [2.75, 3.05) is 5.32 Å². The number of rotatable bonds is 4. The molecular weight excluding hydrogens is 268 g/mol. The summed E-state index contributed by atoms with van der Waals surface area (Å²) in [6.07, 6.45) is 1.72. The molecule has 0 atom stereocenters. The molecule has 0 radical (unpaired) electrons. The SMILES string of the molecule is Cn1nccc1CNc1nc(C(=O)O)cc2ccccc12. The smallest absolute Gasteiger partial charge is 0.354 e. The Hall–Kier alpha value is -2.89. The Kier molecular flexibility index (Phi) is 3.27. The number of hydrogen-bond acceptors (Lipinski definition) is 4. The Balaban J connectivity index is 1.99. The van der Waals surface area contributed by atoms with Gasteiger partial charge < -0.3 is 10.4 Å². The third kappa shape index (κ3) is 2.55. The zero-order valence-electron chi connectivity index (χ0n) is 11.4. The number of benzene rings is 1. The predicted molar refractivity (Wildman–Crippen MR) is 79.2 cm³/mol. The van der Waals surface area contributed by atoms with Gasteiger partial charge in [-0.3, -0.25) is 4.68 Å². The van der Waals surface area contributed by atoms with Crippen LogP contribution in [-0.2, 0) is 13.6 Å². The summed E-state index contributed by atoms with van der Waals surface area (Å²) < 4.78 is 1.76. The van der Waals surface area contributed by atoms with E-state index in [4.69, 9.17) is 5.11 Å². The molecule has 0 aliphatic heterocycles. The molecule has 2 N–H and O–H groups in total. The maximum Gasteiger partial charge on any atom is 0.354 e. The Morgan fingerprint density at radius 2 is 2.14 bits per heavy atom. The van der Waals surface area contributed by atoms with Crippen molar-refractivity contribution in [2.45, 2.75) is 6.54 Å². The quantitative estimate of drug-likeness (QED) is 0.767. The second-order valence-electron chi connectivity index (χ2n) is 4.68. The molecule has 0 aliphatic carbocycles. The van der Waals surface area contributed by atoms with E-state index in [9.17, 15) is 4.79 Å². The van der Waals surface area contributed by atoms with Gasteiger partial charge in [-0.1, -0.05) is 24.3 Å². The van der Waals surface area contributed by atoms with Crippen LogP contribution in [-0.4, -0.2) is 25.8 Å².